The average Bonchev–Trinajstić information content (AvgIpc) is 3.41. The highest BCUT2D eigenvalue weighted by Gasteiger charge is 2.23. The number of amidine groups is 1. The zero-order valence-corrected chi connectivity index (χ0v) is 13.9. The van der Waals surface area contributed by atoms with E-state index in [-0.39, 0.29) is 11.7 Å². The standard InChI is InChI=1S/C18H22N6O/c19-8-7-12-1-5-14(6-2-12)25-15(11-20)9-17(22)24-18(23)10-16(21)13-3-4-13/h1-2,5-6,9-11,13H,3-4,7,20-22H2,(H2,23,24)/b15-11+,16-10-,17-9+. The fourth-order valence-electron chi connectivity index (χ4n) is 2.08. The number of aliphatic imine (C=N–C) groups is 1. The normalized spacial score (nSPS) is 16.4. The van der Waals surface area contributed by atoms with E-state index in [2.05, 4.69) is 11.1 Å². The van der Waals surface area contributed by atoms with Gasteiger partial charge in [0.15, 0.2) is 0 Å². The second-order valence-electron chi connectivity index (χ2n) is 5.67. The van der Waals surface area contributed by atoms with Crippen molar-refractivity contribution in [2.75, 3.05) is 0 Å². The number of rotatable bonds is 7. The Morgan fingerprint density at radius 2 is 1.88 bits per heavy atom. The molecule has 0 unspecified atom stereocenters. The summed E-state index contributed by atoms with van der Waals surface area (Å²) >= 11 is 0. The minimum absolute atomic E-state index is 0.148. The van der Waals surface area contributed by atoms with E-state index in [9.17, 15) is 0 Å². The Morgan fingerprint density at radius 1 is 1.20 bits per heavy atom. The lowest BCUT2D eigenvalue weighted by atomic mass is 10.2. The highest BCUT2D eigenvalue weighted by Crippen LogP contribution is 2.33. The van der Waals surface area contributed by atoms with Crippen LogP contribution in [0.1, 0.15) is 18.4 Å². The molecule has 0 spiro atoms. The minimum atomic E-state index is 0.148. The lowest BCUT2D eigenvalue weighted by Crippen LogP contribution is -2.14. The van der Waals surface area contributed by atoms with Crippen LogP contribution in [0.3, 0.4) is 0 Å². The highest BCUT2D eigenvalue weighted by atomic mass is 16.5. The van der Waals surface area contributed by atoms with Crippen molar-refractivity contribution in [2.45, 2.75) is 19.3 Å². The van der Waals surface area contributed by atoms with Gasteiger partial charge in [0.2, 0.25) is 0 Å². The SMILES string of the molecule is N#CCc1ccc(OC(/C=C(N)/N=C(N)/C=C(\N)C2CC2)=C/N)cc1. The largest absolute Gasteiger partial charge is 0.456 e. The van der Waals surface area contributed by atoms with Crippen LogP contribution in [0.15, 0.2) is 64.9 Å². The number of nitrogens with two attached hydrogens (primary N) is 4. The molecular weight excluding hydrogens is 316 g/mol. The Kier molecular flexibility index (Phi) is 6.07. The van der Waals surface area contributed by atoms with Gasteiger partial charge in [-0.05, 0) is 42.5 Å². The fraction of sp³-hybridized carbons (Fsp3) is 0.222. The van der Waals surface area contributed by atoms with Crippen LogP contribution in [0, 0.1) is 17.2 Å². The van der Waals surface area contributed by atoms with Crippen molar-refractivity contribution in [1.29, 1.82) is 5.26 Å². The Hall–Kier alpha value is -3.40. The van der Waals surface area contributed by atoms with Crippen LogP contribution in [0.25, 0.3) is 0 Å². The van der Waals surface area contributed by atoms with Crippen molar-refractivity contribution in [3.05, 3.63) is 65.5 Å². The van der Waals surface area contributed by atoms with E-state index in [1.165, 1.54) is 12.3 Å². The molecule has 130 valence electrons. The smallest absolute Gasteiger partial charge is 0.146 e. The van der Waals surface area contributed by atoms with E-state index in [4.69, 9.17) is 32.9 Å². The monoisotopic (exact) mass is 338 g/mol. The lowest BCUT2D eigenvalue weighted by molar-refractivity contribution is 0.442. The van der Waals surface area contributed by atoms with E-state index in [0.29, 0.717) is 23.8 Å². The predicted molar refractivity (Wildman–Crippen MR) is 97.5 cm³/mol. The quantitative estimate of drug-likeness (QED) is 0.255. The molecule has 0 saturated heterocycles. The summed E-state index contributed by atoms with van der Waals surface area (Å²) in [6.07, 6.45) is 6.88. The number of nitriles is 1. The Labute approximate surface area is 146 Å². The van der Waals surface area contributed by atoms with E-state index in [1.54, 1.807) is 30.3 Å². The predicted octanol–water partition coefficient (Wildman–Crippen LogP) is 1.34. The topological polar surface area (TPSA) is 149 Å². The zero-order valence-electron chi connectivity index (χ0n) is 13.9. The third-order valence-corrected chi connectivity index (χ3v) is 3.52. The first-order valence-electron chi connectivity index (χ1n) is 7.86. The summed E-state index contributed by atoms with van der Waals surface area (Å²) in [5, 5.41) is 8.67. The van der Waals surface area contributed by atoms with E-state index < -0.39 is 0 Å². The van der Waals surface area contributed by atoms with Gasteiger partial charge in [-0.1, -0.05) is 12.1 Å². The summed E-state index contributed by atoms with van der Waals surface area (Å²) in [6, 6.07) is 9.19. The molecule has 1 aromatic carbocycles. The average molecular weight is 338 g/mol. The summed E-state index contributed by atoms with van der Waals surface area (Å²) < 4.78 is 5.62. The van der Waals surface area contributed by atoms with Crippen molar-refractivity contribution in [1.82, 2.24) is 0 Å². The van der Waals surface area contributed by atoms with Crippen molar-refractivity contribution in [2.24, 2.45) is 33.8 Å². The van der Waals surface area contributed by atoms with Crippen molar-refractivity contribution >= 4 is 5.84 Å². The van der Waals surface area contributed by atoms with Gasteiger partial charge in [0.05, 0.1) is 12.5 Å². The molecule has 1 aliphatic rings. The molecule has 0 radical (unpaired) electrons. The molecule has 1 aliphatic carbocycles. The Balaban J connectivity index is 2.03. The van der Waals surface area contributed by atoms with Gasteiger partial charge in [-0.3, -0.25) is 0 Å². The maximum Gasteiger partial charge on any atom is 0.146 e. The van der Waals surface area contributed by atoms with Crippen molar-refractivity contribution in [3.8, 4) is 11.8 Å². The molecule has 0 aromatic heterocycles. The van der Waals surface area contributed by atoms with Crippen molar-refractivity contribution < 1.29 is 4.74 Å². The second-order valence-corrected chi connectivity index (χ2v) is 5.67. The first kappa shape index (κ1) is 17.9. The molecule has 8 N–H and O–H groups in total. The highest BCUT2D eigenvalue weighted by molar-refractivity contribution is 5.92. The molecule has 0 aliphatic heterocycles. The molecule has 7 heteroatoms. The fourth-order valence-corrected chi connectivity index (χ4v) is 2.08. The second kappa shape index (κ2) is 8.45. The van der Waals surface area contributed by atoms with E-state index in [1.807, 2.05) is 0 Å². The Morgan fingerprint density at radius 3 is 2.44 bits per heavy atom. The molecule has 1 saturated carbocycles. The third kappa shape index (κ3) is 5.95. The van der Waals surface area contributed by atoms with Gasteiger partial charge in [-0.25, -0.2) is 4.99 Å². The zero-order chi connectivity index (χ0) is 18.2. The van der Waals surface area contributed by atoms with Gasteiger partial charge in [0, 0.05) is 18.0 Å². The van der Waals surface area contributed by atoms with Crippen LogP contribution in [-0.4, -0.2) is 5.84 Å². The molecule has 1 fully saturated rings. The van der Waals surface area contributed by atoms with Gasteiger partial charge in [0.1, 0.15) is 23.2 Å². The van der Waals surface area contributed by atoms with E-state index >= 15 is 0 Å². The summed E-state index contributed by atoms with van der Waals surface area (Å²) in [5.41, 5.74) is 24.7. The number of hydrogen-bond acceptors (Lipinski definition) is 6. The molecule has 7 nitrogen and oxygen atoms in total. The molecule has 0 bridgehead atoms. The van der Waals surface area contributed by atoms with Gasteiger partial charge >= 0.3 is 0 Å². The summed E-state index contributed by atoms with van der Waals surface area (Å²) in [4.78, 5) is 4.06. The van der Waals surface area contributed by atoms with Crippen LogP contribution in [-0.2, 0) is 6.42 Å². The number of nitrogens with zero attached hydrogens (tertiary/aromatic N) is 2. The molecule has 1 aromatic rings. The minimum Gasteiger partial charge on any atom is -0.456 e. The van der Waals surface area contributed by atoms with Gasteiger partial charge in [0.25, 0.3) is 0 Å². The maximum absolute atomic E-state index is 8.67. The van der Waals surface area contributed by atoms with Gasteiger partial charge < -0.3 is 27.7 Å². The maximum atomic E-state index is 8.67. The molecule has 25 heavy (non-hydrogen) atoms. The third-order valence-electron chi connectivity index (χ3n) is 3.52. The van der Waals surface area contributed by atoms with Crippen LogP contribution >= 0.6 is 0 Å². The number of hydrogen-bond donors (Lipinski definition) is 4. The summed E-state index contributed by atoms with van der Waals surface area (Å²) in [6.45, 7) is 0. The van der Waals surface area contributed by atoms with Crippen LogP contribution < -0.4 is 27.7 Å². The van der Waals surface area contributed by atoms with E-state index in [0.717, 1.165) is 24.1 Å². The lowest BCUT2D eigenvalue weighted by Gasteiger charge is -2.07. The first-order valence-corrected chi connectivity index (χ1v) is 7.86. The summed E-state index contributed by atoms with van der Waals surface area (Å²) in [5.74, 6) is 1.68. The Bertz CT molecular complexity index is 764. The first-order chi connectivity index (χ1) is 12.0. The molecule has 0 amide bonds. The molecule has 2 rings (SSSR count). The molecule has 0 atom stereocenters. The molecular formula is C18H22N6O. The number of allylic oxidation sites excluding steroid dienone is 2. The number of ether oxygens (including phenoxy) is 1. The van der Waals surface area contributed by atoms with Crippen molar-refractivity contribution in [3.63, 3.8) is 0 Å². The number of benzene rings is 1. The van der Waals surface area contributed by atoms with Gasteiger partial charge in [-0.15, -0.1) is 0 Å². The van der Waals surface area contributed by atoms with Crippen LogP contribution in [0.2, 0.25) is 0 Å². The van der Waals surface area contributed by atoms with Crippen LogP contribution in [0.5, 0.6) is 5.75 Å². The summed E-state index contributed by atoms with van der Waals surface area (Å²) in [7, 11) is 0. The van der Waals surface area contributed by atoms with Crippen LogP contribution in [0.4, 0.5) is 0 Å². The molecule has 0 heterocycles. The van der Waals surface area contributed by atoms with Gasteiger partial charge in [-0.2, -0.15) is 5.26 Å².